The summed E-state index contributed by atoms with van der Waals surface area (Å²) in [6, 6.07) is 20.7. The maximum Gasteiger partial charge on any atom is 0.0208 e. The highest BCUT2D eigenvalue weighted by molar-refractivity contribution is 5.33. The maximum absolute atomic E-state index is 3.88. The van der Waals surface area contributed by atoms with Crippen LogP contribution < -0.4 is 10.6 Å². The molecule has 0 saturated heterocycles. The van der Waals surface area contributed by atoms with Crippen LogP contribution in [0.5, 0.6) is 0 Å². The van der Waals surface area contributed by atoms with Crippen molar-refractivity contribution in [3.63, 3.8) is 0 Å². The van der Waals surface area contributed by atoms with E-state index in [-0.39, 0.29) is 0 Å². The van der Waals surface area contributed by atoms with Gasteiger partial charge >= 0.3 is 0 Å². The highest BCUT2D eigenvalue weighted by Gasteiger charge is 2.26. The van der Waals surface area contributed by atoms with E-state index in [1.165, 1.54) is 29.5 Å². The Labute approximate surface area is 172 Å². The van der Waals surface area contributed by atoms with Gasteiger partial charge in [-0.1, -0.05) is 82.3 Å². The summed E-state index contributed by atoms with van der Waals surface area (Å²) in [6.45, 7) is 11.5. The molecule has 2 aromatic rings. The van der Waals surface area contributed by atoms with Gasteiger partial charge in [0.2, 0.25) is 0 Å². The average Bonchev–Trinajstić information content (AvgIpc) is 3.06. The van der Waals surface area contributed by atoms with E-state index in [9.17, 15) is 0 Å². The predicted octanol–water partition coefficient (Wildman–Crippen LogP) is 5.36. The van der Waals surface area contributed by atoms with E-state index in [0.29, 0.717) is 17.5 Å². The quantitative estimate of drug-likeness (QED) is 0.581. The van der Waals surface area contributed by atoms with Crippen molar-refractivity contribution >= 4 is 0 Å². The number of benzene rings is 2. The van der Waals surface area contributed by atoms with Crippen molar-refractivity contribution in [3.05, 3.63) is 71.3 Å². The molecular weight excluding hydrogens is 340 g/mol. The average molecular weight is 379 g/mol. The number of fused-ring (bicyclic) bond motifs is 1. The Morgan fingerprint density at radius 3 is 2.11 bits per heavy atom. The van der Waals surface area contributed by atoms with E-state index < -0.39 is 0 Å². The van der Waals surface area contributed by atoms with Gasteiger partial charge in [-0.15, -0.1) is 0 Å². The molecule has 1 unspecified atom stereocenters. The van der Waals surface area contributed by atoms with Crippen LogP contribution in [0.25, 0.3) is 0 Å². The third kappa shape index (κ3) is 6.46. The van der Waals surface area contributed by atoms with E-state index in [1.807, 2.05) is 0 Å². The largest absolute Gasteiger partial charge is 0.312 e. The van der Waals surface area contributed by atoms with Gasteiger partial charge in [0.15, 0.2) is 0 Å². The Morgan fingerprint density at radius 1 is 0.893 bits per heavy atom. The predicted molar refractivity (Wildman–Crippen MR) is 121 cm³/mol. The van der Waals surface area contributed by atoms with Gasteiger partial charge in [0.1, 0.15) is 0 Å². The van der Waals surface area contributed by atoms with Gasteiger partial charge in [-0.25, -0.2) is 0 Å². The zero-order chi connectivity index (χ0) is 20.0. The van der Waals surface area contributed by atoms with Crippen molar-refractivity contribution in [2.75, 3.05) is 6.54 Å². The van der Waals surface area contributed by atoms with Crippen LogP contribution >= 0.6 is 0 Å². The van der Waals surface area contributed by atoms with E-state index in [2.05, 4.69) is 92.9 Å². The molecule has 28 heavy (non-hydrogen) atoms. The van der Waals surface area contributed by atoms with Gasteiger partial charge in [0, 0.05) is 25.2 Å². The van der Waals surface area contributed by atoms with Crippen LogP contribution in [-0.4, -0.2) is 18.6 Å². The van der Waals surface area contributed by atoms with E-state index in [0.717, 1.165) is 31.8 Å². The van der Waals surface area contributed by atoms with Crippen LogP contribution in [-0.2, 0) is 19.4 Å². The van der Waals surface area contributed by atoms with Crippen molar-refractivity contribution in [2.45, 2.75) is 72.0 Å². The van der Waals surface area contributed by atoms with Crippen LogP contribution in [0.2, 0.25) is 0 Å². The molecular formula is C26H38N2. The maximum atomic E-state index is 3.88. The first-order chi connectivity index (χ1) is 13.4. The van der Waals surface area contributed by atoms with Crippen molar-refractivity contribution in [3.8, 4) is 0 Å². The number of hydrogen-bond donors (Lipinski definition) is 2. The fraction of sp³-hybridized carbons (Fsp3) is 0.538. The first-order valence-electron chi connectivity index (χ1n) is 11.0. The lowest BCUT2D eigenvalue weighted by Crippen LogP contribution is -2.44. The molecule has 1 aliphatic carbocycles. The molecule has 0 fully saturated rings. The molecule has 0 aliphatic heterocycles. The summed E-state index contributed by atoms with van der Waals surface area (Å²) in [5.74, 6) is 0.738. The lowest BCUT2D eigenvalue weighted by molar-refractivity contribution is 0.224. The topological polar surface area (TPSA) is 24.1 Å². The van der Waals surface area contributed by atoms with Gasteiger partial charge in [-0.05, 0) is 53.7 Å². The Morgan fingerprint density at radius 2 is 1.50 bits per heavy atom. The first kappa shape index (κ1) is 21.1. The Balaban J connectivity index is 1.57. The molecule has 1 atom stereocenters. The summed E-state index contributed by atoms with van der Waals surface area (Å²) in [4.78, 5) is 0. The molecule has 0 heterocycles. The molecule has 0 aromatic heterocycles. The van der Waals surface area contributed by atoms with Crippen LogP contribution in [0.4, 0.5) is 0 Å². The molecule has 2 aromatic carbocycles. The van der Waals surface area contributed by atoms with E-state index in [1.54, 1.807) is 0 Å². The van der Waals surface area contributed by atoms with Crippen LogP contribution in [0.15, 0.2) is 54.6 Å². The number of rotatable bonds is 10. The molecule has 3 rings (SSSR count). The van der Waals surface area contributed by atoms with Crippen LogP contribution in [0, 0.1) is 11.3 Å². The highest BCUT2D eigenvalue weighted by atomic mass is 15.0. The van der Waals surface area contributed by atoms with Gasteiger partial charge in [0.25, 0.3) is 0 Å². The zero-order valence-electron chi connectivity index (χ0n) is 18.2. The second kappa shape index (κ2) is 9.71. The fourth-order valence-corrected chi connectivity index (χ4v) is 4.94. The minimum Gasteiger partial charge on any atom is -0.312 e. The molecule has 0 bridgehead atoms. The lowest BCUT2D eigenvalue weighted by Gasteiger charge is -2.33. The van der Waals surface area contributed by atoms with Crippen LogP contribution in [0.3, 0.4) is 0 Å². The van der Waals surface area contributed by atoms with E-state index in [4.69, 9.17) is 0 Å². The monoisotopic (exact) mass is 378 g/mol. The Kier molecular flexibility index (Phi) is 7.31. The van der Waals surface area contributed by atoms with Gasteiger partial charge in [-0.3, -0.25) is 0 Å². The SMILES string of the molecule is CC(C)CC(C)(C)CC(CNC1Cc2ccccc2C1)NCc1ccccc1. The van der Waals surface area contributed by atoms with Crippen molar-refractivity contribution < 1.29 is 0 Å². The second-order valence-corrected chi connectivity index (χ2v) is 9.81. The second-order valence-electron chi connectivity index (χ2n) is 9.81. The summed E-state index contributed by atoms with van der Waals surface area (Å²) < 4.78 is 0. The van der Waals surface area contributed by atoms with Gasteiger partial charge < -0.3 is 10.6 Å². The molecule has 0 radical (unpaired) electrons. The van der Waals surface area contributed by atoms with Crippen molar-refractivity contribution in [1.29, 1.82) is 0 Å². The minimum atomic E-state index is 0.350. The Bertz CT molecular complexity index is 695. The molecule has 1 aliphatic rings. The summed E-state index contributed by atoms with van der Waals surface area (Å²) in [5.41, 5.74) is 4.76. The van der Waals surface area contributed by atoms with E-state index >= 15 is 0 Å². The normalized spacial score (nSPS) is 15.8. The van der Waals surface area contributed by atoms with Gasteiger partial charge in [-0.2, -0.15) is 0 Å². The van der Waals surface area contributed by atoms with Crippen LogP contribution in [0.1, 0.15) is 57.2 Å². The first-order valence-corrected chi connectivity index (χ1v) is 11.0. The summed E-state index contributed by atoms with van der Waals surface area (Å²) in [6.07, 6.45) is 4.80. The molecule has 152 valence electrons. The molecule has 2 heteroatoms. The van der Waals surface area contributed by atoms with Gasteiger partial charge in [0.05, 0.1) is 0 Å². The smallest absolute Gasteiger partial charge is 0.0208 e. The Hall–Kier alpha value is -1.64. The number of hydrogen-bond acceptors (Lipinski definition) is 2. The third-order valence-electron chi connectivity index (χ3n) is 5.90. The number of nitrogens with one attached hydrogen (secondary N) is 2. The summed E-state index contributed by atoms with van der Waals surface area (Å²) in [5, 5.41) is 7.73. The highest BCUT2D eigenvalue weighted by Crippen LogP contribution is 2.30. The van der Waals surface area contributed by atoms with Crippen molar-refractivity contribution in [2.24, 2.45) is 11.3 Å². The summed E-state index contributed by atoms with van der Waals surface area (Å²) >= 11 is 0. The third-order valence-corrected chi connectivity index (χ3v) is 5.90. The molecule has 2 N–H and O–H groups in total. The van der Waals surface area contributed by atoms with Crippen molar-refractivity contribution in [1.82, 2.24) is 10.6 Å². The molecule has 0 spiro atoms. The molecule has 0 saturated carbocycles. The fourth-order valence-electron chi connectivity index (χ4n) is 4.94. The molecule has 0 amide bonds. The summed E-state index contributed by atoms with van der Waals surface area (Å²) in [7, 11) is 0. The molecule has 2 nitrogen and oxygen atoms in total. The standard InChI is InChI=1S/C26H38N2/c1-20(2)16-26(3,4)17-25(27-18-21-10-6-5-7-11-21)19-28-24-14-22-12-8-9-13-23(22)15-24/h5-13,20,24-25,27-28H,14-19H2,1-4H3. The zero-order valence-corrected chi connectivity index (χ0v) is 18.2. The minimum absolute atomic E-state index is 0.350. The lowest BCUT2D eigenvalue weighted by atomic mass is 9.78.